The first-order chi connectivity index (χ1) is 40.1. The van der Waals surface area contributed by atoms with Crippen LogP contribution in [-0.2, 0) is 0 Å². The van der Waals surface area contributed by atoms with Crippen LogP contribution in [0, 0.1) is 0 Å². The molecule has 10 aromatic carbocycles. The summed E-state index contributed by atoms with van der Waals surface area (Å²) in [4.78, 5) is 22.3. The smallest absolute Gasteiger partial charge is 0.238 e. The third-order valence-electron chi connectivity index (χ3n) is 15.6. The predicted octanol–water partition coefficient (Wildman–Crippen LogP) is 18.9. The van der Waals surface area contributed by atoms with Crippen LogP contribution in [0.2, 0.25) is 0 Å². The highest BCUT2D eigenvalue weighted by Crippen LogP contribution is 2.43. The molecular formula is C74H49N7. The molecule has 0 aliphatic rings. The number of nitrogens with zero attached hydrogens (tertiary/aromatic N) is 7. The van der Waals surface area contributed by atoms with E-state index in [4.69, 9.17) is 9.97 Å². The first-order valence-corrected chi connectivity index (χ1v) is 27.2. The van der Waals surface area contributed by atoms with E-state index in [1.807, 2.05) is 49.1 Å². The fourth-order valence-corrected chi connectivity index (χ4v) is 11.6. The second-order valence-corrected chi connectivity index (χ2v) is 20.3. The van der Waals surface area contributed by atoms with Crippen molar-refractivity contribution in [3.05, 3.63) is 298 Å². The molecule has 15 rings (SSSR count). The number of fused-ring (bicyclic) bond motifs is 6. The topological polar surface area (TPSA) is 64.7 Å². The van der Waals surface area contributed by atoms with Gasteiger partial charge >= 0.3 is 0 Å². The van der Waals surface area contributed by atoms with Crippen molar-refractivity contribution in [2.45, 2.75) is 0 Å². The summed E-state index contributed by atoms with van der Waals surface area (Å²) in [6, 6.07) is 97.5. The maximum absolute atomic E-state index is 5.78. The Balaban J connectivity index is 1.02. The molecule has 0 aliphatic heterocycles. The average molecular weight is 1040 g/mol. The molecule has 81 heavy (non-hydrogen) atoms. The number of hydrogen-bond donors (Lipinski definition) is 0. The van der Waals surface area contributed by atoms with Gasteiger partial charge in [0, 0.05) is 63.8 Å². The van der Waals surface area contributed by atoms with E-state index in [0.29, 0.717) is 5.95 Å². The third kappa shape index (κ3) is 8.67. The lowest BCUT2D eigenvalue weighted by Crippen LogP contribution is -2.16. The Labute approximate surface area is 468 Å². The van der Waals surface area contributed by atoms with E-state index in [-0.39, 0.29) is 0 Å². The summed E-state index contributed by atoms with van der Waals surface area (Å²) in [5.74, 6) is 1.95. The first-order valence-electron chi connectivity index (χ1n) is 27.2. The molecule has 0 atom stereocenters. The van der Waals surface area contributed by atoms with Crippen molar-refractivity contribution in [2.24, 2.45) is 0 Å². The molecule has 0 fully saturated rings. The van der Waals surface area contributed by atoms with E-state index in [2.05, 4.69) is 273 Å². The maximum Gasteiger partial charge on any atom is 0.238 e. The molecule has 0 bridgehead atoms. The third-order valence-corrected chi connectivity index (χ3v) is 15.6. The molecule has 5 aromatic heterocycles. The van der Waals surface area contributed by atoms with Gasteiger partial charge in [-0.15, -0.1) is 0 Å². The summed E-state index contributed by atoms with van der Waals surface area (Å²) in [7, 11) is 0. The molecule has 380 valence electrons. The fraction of sp³-hybridized carbons (Fsp3) is 0. The zero-order valence-electron chi connectivity index (χ0n) is 43.9. The highest BCUT2D eigenvalue weighted by atomic mass is 15.3. The van der Waals surface area contributed by atoms with Gasteiger partial charge in [0.2, 0.25) is 5.95 Å². The van der Waals surface area contributed by atoms with E-state index in [1.54, 1.807) is 0 Å². The summed E-state index contributed by atoms with van der Waals surface area (Å²) >= 11 is 0. The Morgan fingerprint density at radius 1 is 0.235 bits per heavy atom. The van der Waals surface area contributed by atoms with Crippen LogP contribution in [0.1, 0.15) is 0 Å². The number of anilines is 3. The highest BCUT2D eigenvalue weighted by molar-refractivity contribution is 6.13. The average Bonchev–Trinajstić information content (AvgIpc) is 4.22. The van der Waals surface area contributed by atoms with Gasteiger partial charge in [-0.2, -0.15) is 9.97 Å². The van der Waals surface area contributed by atoms with Gasteiger partial charge < -0.3 is 0 Å². The molecule has 0 unspecified atom stereocenters. The molecule has 5 heterocycles. The van der Waals surface area contributed by atoms with Crippen LogP contribution >= 0.6 is 0 Å². The van der Waals surface area contributed by atoms with Crippen LogP contribution in [-0.4, -0.2) is 29.1 Å². The van der Waals surface area contributed by atoms with E-state index in [9.17, 15) is 0 Å². The predicted molar refractivity (Wildman–Crippen MR) is 334 cm³/mol. The van der Waals surface area contributed by atoms with E-state index in [1.165, 1.54) is 0 Å². The largest absolute Gasteiger partial charge is 0.294 e. The molecular weight excluding hydrogens is 987 g/mol. The van der Waals surface area contributed by atoms with Crippen LogP contribution in [0.3, 0.4) is 0 Å². The first kappa shape index (κ1) is 47.2. The Bertz CT molecular complexity index is 4260. The molecule has 0 spiro atoms. The summed E-state index contributed by atoms with van der Waals surface area (Å²) in [6.45, 7) is 0. The van der Waals surface area contributed by atoms with Crippen LogP contribution in [0.5, 0.6) is 0 Å². The fourth-order valence-electron chi connectivity index (χ4n) is 11.6. The minimum Gasteiger partial charge on any atom is -0.294 e. The SMILES string of the molecule is c1ccc(-c2ccc3c(c2)c2cc(-c4ccccc4)ccc2n3-c2cc(-n3c4ccc(-c5ccccc5)cc4c4cc(-c5ccccc5)ccc43)nc(N(c3ccc(-c4ccncc4)cc3)c3ccc(-c4ccncc4)cc3)n2)cc1. The summed E-state index contributed by atoms with van der Waals surface area (Å²) in [6.07, 6.45) is 7.33. The lowest BCUT2D eigenvalue weighted by atomic mass is 10.0. The molecule has 0 radical (unpaired) electrons. The van der Waals surface area contributed by atoms with Crippen molar-refractivity contribution in [3.63, 3.8) is 0 Å². The van der Waals surface area contributed by atoms with Crippen molar-refractivity contribution in [1.29, 1.82) is 0 Å². The minimum atomic E-state index is 0.504. The number of hydrogen-bond acceptors (Lipinski definition) is 5. The molecule has 0 saturated carbocycles. The van der Waals surface area contributed by atoms with E-state index < -0.39 is 0 Å². The lowest BCUT2D eigenvalue weighted by Gasteiger charge is -2.25. The number of benzene rings is 10. The van der Waals surface area contributed by atoms with Gasteiger partial charge in [0.25, 0.3) is 0 Å². The number of aromatic nitrogens is 6. The Hall–Kier alpha value is -11.0. The Morgan fingerprint density at radius 2 is 0.494 bits per heavy atom. The molecule has 7 nitrogen and oxygen atoms in total. The van der Waals surface area contributed by atoms with Crippen LogP contribution < -0.4 is 4.90 Å². The van der Waals surface area contributed by atoms with Crippen molar-refractivity contribution in [2.75, 3.05) is 4.90 Å². The monoisotopic (exact) mass is 1040 g/mol. The van der Waals surface area contributed by atoms with Gasteiger partial charge in [0.1, 0.15) is 11.6 Å². The maximum atomic E-state index is 5.78. The quantitative estimate of drug-likeness (QED) is 0.129. The van der Waals surface area contributed by atoms with E-state index in [0.717, 1.165) is 133 Å². The van der Waals surface area contributed by atoms with Gasteiger partial charge in [-0.3, -0.25) is 24.0 Å². The van der Waals surface area contributed by atoms with Crippen molar-refractivity contribution < 1.29 is 0 Å². The molecule has 15 aromatic rings. The minimum absolute atomic E-state index is 0.504. The van der Waals surface area contributed by atoms with Crippen LogP contribution in [0.4, 0.5) is 17.3 Å². The number of pyridine rings is 2. The van der Waals surface area contributed by atoms with Crippen LogP contribution in [0.25, 0.3) is 122 Å². The molecule has 7 heteroatoms. The second-order valence-electron chi connectivity index (χ2n) is 20.3. The van der Waals surface area contributed by atoms with Crippen molar-refractivity contribution in [1.82, 2.24) is 29.1 Å². The normalized spacial score (nSPS) is 11.5. The summed E-state index contributed by atoms with van der Waals surface area (Å²) in [5.41, 5.74) is 19.4. The molecule has 0 saturated heterocycles. The van der Waals surface area contributed by atoms with Gasteiger partial charge in [-0.1, -0.05) is 170 Å². The summed E-state index contributed by atoms with van der Waals surface area (Å²) < 4.78 is 4.66. The van der Waals surface area contributed by atoms with Gasteiger partial charge in [-0.05, 0) is 164 Å². The standard InChI is InChI=1S/C74H49N7/c1-5-13-50(14-6-1)58-25-33-68-64(45-58)65-46-59(51-15-7-2-8-16-51)26-34-69(65)80(68)72-49-73(81-70-35-27-60(52-17-9-3-10-18-52)47-66(70)67-48-61(28-36-71(67)81)53-19-11-4-12-20-53)78-74(77-72)79(62-29-21-54(22-30-62)56-37-41-75-42-38-56)63-31-23-55(24-32-63)57-39-43-76-44-40-57/h1-49H. The van der Waals surface area contributed by atoms with Crippen molar-refractivity contribution >= 4 is 60.9 Å². The zero-order valence-corrected chi connectivity index (χ0v) is 43.9. The van der Waals surface area contributed by atoms with Gasteiger partial charge in [-0.25, -0.2) is 0 Å². The van der Waals surface area contributed by atoms with Gasteiger partial charge in [0.15, 0.2) is 0 Å². The Kier molecular flexibility index (Phi) is 11.7. The number of rotatable bonds is 11. The molecule has 0 N–H and O–H groups in total. The second kappa shape index (κ2) is 20.1. The lowest BCUT2D eigenvalue weighted by molar-refractivity contribution is 0.967. The Morgan fingerprint density at radius 3 is 0.790 bits per heavy atom. The van der Waals surface area contributed by atoms with Crippen LogP contribution in [0.15, 0.2) is 298 Å². The molecule has 0 amide bonds. The summed E-state index contributed by atoms with van der Waals surface area (Å²) in [5, 5.41) is 4.50. The van der Waals surface area contributed by atoms with Gasteiger partial charge in [0.05, 0.1) is 22.1 Å². The zero-order chi connectivity index (χ0) is 53.6. The van der Waals surface area contributed by atoms with Crippen molar-refractivity contribution in [3.8, 4) is 78.4 Å². The highest BCUT2D eigenvalue weighted by Gasteiger charge is 2.24. The molecule has 0 aliphatic carbocycles. The van der Waals surface area contributed by atoms with E-state index >= 15 is 0 Å².